The minimum absolute atomic E-state index is 0.138. The highest BCUT2D eigenvalue weighted by atomic mass is 32.2. The van der Waals surface area contributed by atoms with Crippen LogP contribution in [0.3, 0.4) is 0 Å². The average Bonchev–Trinajstić information content (AvgIpc) is 3.39. The number of fused-ring (bicyclic) bond motifs is 1. The van der Waals surface area contributed by atoms with Gasteiger partial charge < -0.3 is 11.1 Å². The van der Waals surface area contributed by atoms with E-state index in [9.17, 15) is 13.2 Å². The van der Waals surface area contributed by atoms with Gasteiger partial charge in [0.2, 0.25) is 0 Å². The largest absolute Gasteiger partial charge is 0.383 e. The number of amides is 1. The van der Waals surface area contributed by atoms with Crippen LogP contribution in [0.1, 0.15) is 15.9 Å². The van der Waals surface area contributed by atoms with Crippen LogP contribution in [0.2, 0.25) is 0 Å². The molecule has 0 bridgehead atoms. The van der Waals surface area contributed by atoms with Gasteiger partial charge in [0.25, 0.3) is 5.91 Å². The zero-order valence-corrected chi connectivity index (χ0v) is 23.4. The topological polar surface area (TPSA) is 133 Å². The van der Waals surface area contributed by atoms with Crippen molar-refractivity contribution in [2.45, 2.75) is 11.4 Å². The van der Waals surface area contributed by atoms with Crippen LogP contribution in [0.15, 0.2) is 114 Å². The van der Waals surface area contributed by atoms with E-state index in [1.54, 1.807) is 54.9 Å². The van der Waals surface area contributed by atoms with Crippen LogP contribution in [0.5, 0.6) is 0 Å². The number of nitrogens with one attached hydrogen (secondary N) is 1. The average molecular weight is 575 g/mol. The molecule has 3 N–H and O–H groups in total. The van der Waals surface area contributed by atoms with Crippen LogP contribution in [0, 0.1) is 0 Å². The Kier molecular flexibility index (Phi) is 6.97. The number of anilines is 1. The third-order valence-corrected chi connectivity index (χ3v) is 8.00. The fourth-order valence-corrected chi connectivity index (χ4v) is 5.32. The Hall–Kier alpha value is -5.35. The number of carbonyl (C=O) groups excluding carboxylic acids is 1. The van der Waals surface area contributed by atoms with Gasteiger partial charge in [0.15, 0.2) is 21.3 Å². The van der Waals surface area contributed by atoms with E-state index in [0.29, 0.717) is 40.5 Å². The van der Waals surface area contributed by atoms with Crippen molar-refractivity contribution in [1.82, 2.24) is 24.8 Å². The Labute approximate surface area is 242 Å². The summed E-state index contributed by atoms with van der Waals surface area (Å²) in [5.74, 6) is 0.782. The summed E-state index contributed by atoms with van der Waals surface area (Å²) in [7, 11) is -3.30. The molecule has 6 rings (SSSR count). The van der Waals surface area contributed by atoms with E-state index < -0.39 is 9.84 Å². The molecule has 1 amide bonds. The molecule has 0 aliphatic rings. The molecule has 0 saturated heterocycles. The standard InChI is InChI=1S/C32H26N6O3S/c1-42(40,41)26-15-11-22(12-16-26)24-18-28-31(35-20-24)38(30(37-28)27-8-5-17-34-29(27)33)25-13-9-21(10-14-25)19-36-32(39)23-6-3-2-4-7-23/h2-18,20H,19H2,1H3,(H2,33,34)(H,36,39). The number of rotatable bonds is 7. The van der Waals surface area contributed by atoms with Crippen LogP contribution in [-0.4, -0.2) is 40.1 Å². The molecule has 3 aromatic heterocycles. The zero-order valence-electron chi connectivity index (χ0n) is 22.6. The van der Waals surface area contributed by atoms with Crippen molar-refractivity contribution in [3.8, 4) is 28.2 Å². The van der Waals surface area contributed by atoms with Gasteiger partial charge in [0, 0.05) is 42.0 Å². The highest BCUT2D eigenvalue weighted by Crippen LogP contribution is 2.32. The summed E-state index contributed by atoms with van der Waals surface area (Å²) in [4.78, 5) is 26.6. The van der Waals surface area contributed by atoms with Crippen LogP contribution in [0.25, 0.3) is 39.4 Å². The smallest absolute Gasteiger partial charge is 0.251 e. The maximum Gasteiger partial charge on any atom is 0.251 e. The van der Waals surface area contributed by atoms with Crippen LogP contribution in [0.4, 0.5) is 5.82 Å². The molecular weight excluding hydrogens is 548 g/mol. The number of nitrogen functional groups attached to an aromatic ring is 1. The van der Waals surface area contributed by atoms with Crippen molar-refractivity contribution in [3.63, 3.8) is 0 Å². The quantitative estimate of drug-likeness (QED) is 0.272. The highest BCUT2D eigenvalue weighted by molar-refractivity contribution is 7.90. The minimum atomic E-state index is -3.30. The first-order valence-electron chi connectivity index (χ1n) is 13.1. The SMILES string of the molecule is CS(=O)(=O)c1ccc(-c2cnc3c(c2)nc(-c2cccnc2N)n3-c2ccc(CNC(=O)c3ccccc3)cc2)cc1. The first-order chi connectivity index (χ1) is 20.3. The first kappa shape index (κ1) is 26.9. The first-order valence-corrected chi connectivity index (χ1v) is 15.0. The van der Waals surface area contributed by atoms with Gasteiger partial charge in [0.1, 0.15) is 11.3 Å². The van der Waals surface area contributed by atoms with Gasteiger partial charge in [-0.25, -0.2) is 23.4 Å². The molecule has 0 unspecified atom stereocenters. The fourth-order valence-electron chi connectivity index (χ4n) is 4.69. The number of benzene rings is 3. The van der Waals surface area contributed by atoms with Crippen molar-refractivity contribution in [3.05, 3.63) is 121 Å². The number of sulfone groups is 1. The van der Waals surface area contributed by atoms with Crippen molar-refractivity contribution < 1.29 is 13.2 Å². The summed E-state index contributed by atoms with van der Waals surface area (Å²) < 4.78 is 25.7. The third-order valence-electron chi connectivity index (χ3n) is 6.88. The molecule has 3 aromatic carbocycles. The molecule has 0 radical (unpaired) electrons. The van der Waals surface area contributed by atoms with Gasteiger partial charge in [-0.1, -0.05) is 42.5 Å². The lowest BCUT2D eigenvalue weighted by atomic mass is 10.1. The monoisotopic (exact) mass is 574 g/mol. The summed E-state index contributed by atoms with van der Waals surface area (Å²) >= 11 is 0. The summed E-state index contributed by atoms with van der Waals surface area (Å²) in [6.07, 6.45) is 4.54. The Balaban J connectivity index is 1.36. The number of aromatic nitrogens is 4. The van der Waals surface area contributed by atoms with Gasteiger partial charge in [-0.15, -0.1) is 0 Å². The number of nitrogens with zero attached hydrogens (tertiary/aromatic N) is 4. The molecular formula is C32H26N6O3S. The van der Waals surface area contributed by atoms with E-state index in [-0.39, 0.29) is 10.8 Å². The van der Waals surface area contributed by atoms with Crippen molar-refractivity contribution in [1.29, 1.82) is 0 Å². The molecule has 0 saturated carbocycles. The second-order valence-electron chi connectivity index (χ2n) is 9.79. The van der Waals surface area contributed by atoms with E-state index in [0.717, 1.165) is 22.4 Å². The fraction of sp³-hybridized carbons (Fsp3) is 0.0625. The number of nitrogens with two attached hydrogens (primary N) is 1. The molecule has 0 spiro atoms. The molecule has 10 heteroatoms. The van der Waals surface area contributed by atoms with Gasteiger partial charge in [-0.2, -0.15) is 0 Å². The third kappa shape index (κ3) is 5.35. The van der Waals surface area contributed by atoms with Gasteiger partial charge in [-0.3, -0.25) is 9.36 Å². The van der Waals surface area contributed by atoms with Gasteiger partial charge in [-0.05, 0) is 65.7 Å². The lowest BCUT2D eigenvalue weighted by molar-refractivity contribution is 0.0951. The maximum atomic E-state index is 12.5. The van der Waals surface area contributed by atoms with E-state index in [1.807, 2.05) is 59.2 Å². The van der Waals surface area contributed by atoms with E-state index in [2.05, 4.69) is 10.3 Å². The maximum absolute atomic E-state index is 12.5. The molecule has 6 aromatic rings. The predicted octanol–water partition coefficient (Wildman–Crippen LogP) is 5.07. The number of hydrogen-bond acceptors (Lipinski definition) is 7. The molecule has 0 fully saturated rings. The second-order valence-corrected chi connectivity index (χ2v) is 11.8. The number of pyridine rings is 2. The van der Waals surface area contributed by atoms with Crippen molar-refractivity contribution in [2.75, 3.05) is 12.0 Å². The molecule has 3 heterocycles. The lowest BCUT2D eigenvalue weighted by Gasteiger charge is -2.11. The molecule has 9 nitrogen and oxygen atoms in total. The van der Waals surface area contributed by atoms with Crippen LogP contribution in [-0.2, 0) is 16.4 Å². The molecule has 0 aliphatic carbocycles. The number of imidazole rings is 1. The van der Waals surface area contributed by atoms with Crippen LogP contribution < -0.4 is 11.1 Å². The van der Waals surface area contributed by atoms with Gasteiger partial charge >= 0.3 is 0 Å². The summed E-state index contributed by atoms with van der Waals surface area (Å²) in [5, 5.41) is 2.95. The Bertz CT molecular complexity index is 2020. The summed E-state index contributed by atoms with van der Waals surface area (Å²) in [6, 6.07) is 29.1. The normalized spacial score (nSPS) is 11.5. The number of carbonyl (C=O) groups is 1. The molecule has 42 heavy (non-hydrogen) atoms. The Morgan fingerprint density at radius 2 is 1.62 bits per heavy atom. The van der Waals surface area contributed by atoms with Crippen LogP contribution >= 0.6 is 0 Å². The van der Waals surface area contributed by atoms with E-state index in [1.165, 1.54) is 6.26 Å². The molecule has 0 aliphatic heterocycles. The Morgan fingerprint density at radius 3 is 2.31 bits per heavy atom. The highest BCUT2D eigenvalue weighted by Gasteiger charge is 2.19. The van der Waals surface area contributed by atoms with Crippen molar-refractivity contribution >= 4 is 32.7 Å². The zero-order chi connectivity index (χ0) is 29.3. The van der Waals surface area contributed by atoms with E-state index in [4.69, 9.17) is 15.7 Å². The Morgan fingerprint density at radius 1 is 0.881 bits per heavy atom. The second kappa shape index (κ2) is 10.9. The number of hydrogen-bond donors (Lipinski definition) is 2. The summed E-state index contributed by atoms with van der Waals surface area (Å²) in [6.45, 7) is 0.376. The van der Waals surface area contributed by atoms with Gasteiger partial charge in [0.05, 0.1) is 10.5 Å². The molecule has 0 atom stereocenters. The minimum Gasteiger partial charge on any atom is -0.383 e. The predicted molar refractivity (Wildman–Crippen MR) is 163 cm³/mol. The lowest BCUT2D eigenvalue weighted by Crippen LogP contribution is -2.22. The van der Waals surface area contributed by atoms with Crippen molar-refractivity contribution in [2.24, 2.45) is 0 Å². The molecule has 208 valence electrons. The summed E-state index contributed by atoms with van der Waals surface area (Å²) in [5.41, 5.74) is 12.1. The van der Waals surface area contributed by atoms with E-state index >= 15 is 0 Å².